The molecule has 6 aliphatic rings. The van der Waals surface area contributed by atoms with Gasteiger partial charge in [-0.25, -0.2) is 0 Å². The number of carbonyl (C=O) groups is 1. The van der Waals surface area contributed by atoms with E-state index in [2.05, 4.69) is 22.0 Å². The van der Waals surface area contributed by atoms with Gasteiger partial charge in [-0.05, 0) is 99.2 Å². The molecule has 0 saturated heterocycles. The Morgan fingerprint density at radius 1 is 1.12 bits per heavy atom. The summed E-state index contributed by atoms with van der Waals surface area (Å²) >= 11 is 0. The molecule has 0 amide bonds. The molecule has 0 bridgehead atoms. The van der Waals surface area contributed by atoms with Gasteiger partial charge >= 0.3 is 6.36 Å². The molecule has 0 aromatic rings. The number of hydrogen-bond acceptors (Lipinski definition) is 7. The molecule has 9 atom stereocenters. The van der Waals surface area contributed by atoms with Crippen molar-refractivity contribution < 1.29 is 32.5 Å². The molecule has 1 N–H and O–H groups in total. The summed E-state index contributed by atoms with van der Waals surface area (Å²) in [7, 11) is 1.80. The van der Waals surface area contributed by atoms with Gasteiger partial charge < -0.3 is 14.6 Å². The second kappa shape index (κ2) is 9.82. The summed E-state index contributed by atoms with van der Waals surface area (Å²) in [5.74, 6) is 1.80. The third-order valence-electron chi connectivity index (χ3n) is 11.8. The van der Waals surface area contributed by atoms with E-state index >= 15 is 0 Å². The zero-order valence-corrected chi connectivity index (χ0v) is 23.8. The number of hydrogen-bond donors (Lipinski definition) is 1. The fraction of sp³-hybridized carbons (Fsp3) is 0.833. The van der Waals surface area contributed by atoms with Gasteiger partial charge in [0.25, 0.3) is 0 Å². The maximum atomic E-state index is 13.8. The molecule has 6 rings (SSSR count). The van der Waals surface area contributed by atoms with E-state index in [9.17, 15) is 23.1 Å². The monoisotopic (exact) mass is 565 g/mol. The molecule has 4 fully saturated rings. The Morgan fingerprint density at radius 3 is 2.67 bits per heavy atom. The topological polar surface area (TPSA) is 83.7 Å². The molecule has 1 heterocycles. The predicted octanol–water partition coefficient (Wildman–Crippen LogP) is 6.35. The van der Waals surface area contributed by atoms with E-state index in [4.69, 9.17) is 4.74 Å². The molecule has 0 aromatic carbocycles. The highest BCUT2D eigenvalue weighted by atomic mass is 19.4. The van der Waals surface area contributed by atoms with E-state index in [1.54, 1.807) is 19.3 Å². The lowest BCUT2D eigenvalue weighted by atomic mass is 9.43. The van der Waals surface area contributed by atoms with E-state index in [1.807, 2.05) is 6.92 Å². The average molecular weight is 566 g/mol. The van der Waals surface area contributed by atoms with Gasteiger partial charge in [-0.15, -0.1) is 18.3 Å². The van der Waals surface area contributed by atoms with Crippen LogP contribution in [-0.4, -0.2) is 54.2 Å². The van der Waals surface area contributed by atoms with Crippen molar-refractivity contribution in [1.29, 1.82) is 0 Å². The molecular weight excluding hydrogens is 523 g/mol. The number of ether oxygens (including phenoxy) is 2. The highest BCUT2D eigenvalue weighted by Crippen LogP contribution is 2.68. The van der Waals surface area contributed by atoms with Crippen molar-refractivity contribution in [2.45, 2.75) is 96.1 Å². The van der Waals surface area contributed by atoms with Gasteiger partial charge in [0.15, 0.2) is 5.78 Å². The molecule has 40 heavy (non-hydrogen) atoms. The second-order valence-corrected chi connectivity index (χ2v) is 13.9. The van der Waals surface area contributed by atoms with Crippen LogP contribution in [0.4, 0.5) is 13.2 Å². The lowest BCUT2D eigenvalue weighted by molar-refractivity contribution is -0.306. The van der Waals surface area contributed by atoms with Crippen molar-refractivity contribution in [3.8, 4) is 0 Å². The SMILES string of the molecule is COCC12CCC(C)(O)CC1CCC1C3CCC(C(=O)CN4N=NC5=C(OC(F)(F)F)CC=CC54)C3(C)CCC12. The maximum Gasteiger partial charge on any atom is 0.572 e. The minimum absolute atomic E-state index is 0.0000451. The molecule has 0 radical (unpaired) electrons. The van der Waals surface area contributed by atoms with Crippen molar-refractivity contribution >= 4 is 5.78 Å². The first-order valence-corrected chi connectivity index (χ1v) is 14.9. The standard InChI is InChI=1S/C30H42F3N3O4/c1-27(38)13-14-29(17-39-3)18(15-27)7-8-19-20-9-10-22(28(20,2)12-11-21(19)29)24(37)16-36-23-5-4-6-25(26(23)34-35-36)40-30(31,32)33/h4-5,18-23,38H,6-17H2,1-3H3. The highest BCUT2D eigenvalue weighted by molar-refractivity contribution is 5.84. The quantitative estimate of drug-likeness (QED) is 0.380. The number of Topliss-reactive ketones (excluding diaryl/α,β-unsaturated/α-hetero) is 1. The van der Waals surface area contributed by atoms with E-state index < -0.39 is 18.0 Å². The highest BCUT2D eigenvalue weighted by Gasteiger charge is 2.63. The van der Waals surface area contributed by atoms with Crippen molar-refractivity contribution in [2.75, 3.05) is 20.3 Å². The molecule has 7 nitrogen and oxygen atoms in total. The van der Waals surface area contributed by atoms with Crippen molar-refractivity contribution in [3.05, 3.63) is 23.6 Å². The summed E-state index contributed by atoms with van der Waals surface area (Å²) in [6.45, 7) is 5.06. The average Bonchev–Trinajstić information content (AvgIpc) is 3.44. The minimum atomic E-state index is -4.79. The Morgan fingerprint density at radius 2 is 1.93 bits per heavy atom. The van der Waals surface area contributed by atoms with E-state index in [0.29, 0.717) is 23.7 Å². The first-order valence-electron chi connectivity index (χ1n) is 14.9. The molecule has 1 aliphatic heterocycles. The predicted molar refractivity (Wildman–Crippen MR) is 140 cm³/mol. The van der Waals surface area contributed by atoms with Gasteiger partial charge in [-0.3, -0.25) is 9.80 Å². The van der Waals surface area contributed by atoms with Crippen LogP contribution in [0.1, 0.15) is 78.1 Å². The Kier molecular flexibility index (Phi) is 6.92. The van der Waals surface area contributed by atoms with Crippen LogP contribution in [0.2, 0.25) is 0 Å². The minimum Gasteiger partial charge on any atom is -0.408 e. The van der Waals surface area contributed by atoms with Crippen LogP contribution in [0.15, 0.2) is 33.9 Å². The number of fused-ring (bicyclic) bond motifs is 6. The number of ketones is 1. The molecule has 9 unspecified atom stereocenters. The molecule has 4 saturated carbocycles. The number of rotatable bonds is 6. The molecule has 5 aliphatic carbocycles. The van der Waals surface area contributed by atoms with Crippen molar-refractivity contribution in [3.63, 3.8) is 0 Å². The second-order valence-electron chi connectivity index (χ2n) is 13.9. The Bertz CT molecular complexity index is 1120. The summed E-state index contributed by atoms with van der Waals surface area (Å²) in [4.78, 5) is 13.8. The molecule has 0 spiro atoms. The van der Waals surface area contributed by atoms with Gasteiger partial charge in [0.05, 0.1) is 18.8 Å². The lowest BCUT2D eigenvalue weighted by Crippen LogP contribution is -2.58. The smallest absolute Gasteiger partial charge is 0.408 e. The Balaban J connectivity index is 1.17. The fourth-order valence-corrected chi connectivity index (χ4v) is 10.1. The summed E-state index contributed by atoms with van der Waals surface area (Å²) < 4.78 is 48.7. The van der Waals surface area contributed by atoms with Gasteiger partial charge in [0.1, 0.15) is 17.5 Å². The van der Waals surface area contributed by atoms with E-state index in [-0.39, 0.29) is 47.0 Å². The Labute approximate surface area is 234 Å². The number of aliphatic hydroxyl groups is 1. The number of nitrogens with zero attached hydrogens (tertiary/aromatic N) is 3. The summed E-state index contributed by atoms with van der Waals surface area (Å²) in [6.07, 6.45) is 7.41. The summed E-state index contributed by atoms with van der Waals surface area (Å²) in [5.41, 5.74) is -0.457. The van der Waals surface area contributed by atoms with Crippen LogP contribution in [0, 0.1) is 40.4 Å². The zero-order valence-electron chi connectivity index (χ0n) is 23.8. The zero-order chi connectivity index (χ0) is 28.5. The first-order chi connectivity index (χ1) is 18.9. The summed E-state index contributed by atoms with van der Waals surface area (Å²) in [6, 6.07) is -0.608. The number of allylic oxidation sites excluding steroid dienone is 1. The van der Waals surface area contributed by atoms with Gasteiger partial charge in [-0.1, -0.05) is 24.3 Å². The number of carbonyl (C=O) groups excluding carboxylic acids is 1. The number of methoxy groups -OCH3 is 1. The molecule has 10 heteroatoms. The van der Waals surface area contributed by atoms with Crippen molar-refractivity contribution in [1.82, 2.24) is 5.01 Å². The van der Waals surface area contributed by atoms with Gasteiger partial charge in [0, 0.05) is 19.4 Å². The van der Waals surface area contributed by atoms with Gasteiger partial charge in [-0.2, -0.15) is 0 Å². The van der Waals surface area contributed by atoms with Gasteiger partial charge in [0.2, 0.25) is 0 Å². The lowest BCUT2D eigenvalue weighted by Gasteiger charge is -2.62. The Hall–Kier alpha value is -1.94. The normalized spacial score (nSPS) is 44.2. The summed E-state index contributed by atoms with van der Waals surface area (Å²) in [5, 5.41) is 20.5. The third-order valence-corrected chi connectivity index (χ3v) is 11.8. The van der Waals surface area contributed by atoms with Crippen LogP contribution in [-0.2, 0) is 14.3 Å². The van der Waals surface area contributed by atoms with Crippen LogP contribution < -0.4 is 0 Å². The van der Waals surface area contributed by atoms with E-state index in [1.165, 1.54) is 5.01 Å². The van der Waals surface area contributed by atoms with Crippen molar-refractivity contribution in [2.24, 2.45) is 50.8 Å². The molecular formula is C30H42F3N3O4. The molecule has 222 valence electrons. The largest absolute Gasteiger partial charge is 0.572 e. The first kappa shape index (κ1) is 28.2. The van der Waals surface area contributed by atoms with Crippen LogP contribution in [0.25, 0.3) is 0 Å². The number of alkyl halides is 3. The number of halogens is 3. The maximum absolute atomic E-state index is 13.8. The van der Waals surface area contributed by atoms with E-state index in [0.717, 1.165) is 64.4 Å². The fourth-order valence-electron chi connectivity index (χ4n) is 10.1. The molecule has 0 aromatic heterocycles. The van der Waals surface area contributed by atoms with Crippen LogP contribution in [0.5, 0.6) is 0 Å². The third kappa shape index (κ3) is 4.61. The van der Waals surface area contributed by atoms with Crippen LogP contribution >= 0.6 is 0 Å². The van der Waals surface area contributed by atoms with Crippen LogP contribution in [0.3, 0.4) is 0 Å².